The molecule has 0 radical (unpaired) electrons. The van der Waals surface area contributed by atoms with Gasteiger partial charge in [-0.1, -0.05) is 6.07 Å². The number of hydrogen-bond acceptors (Lipinski definition) is 4. The van der Waals surface area contributed by atoms with E-state index >= 15 is 0 Å². The number of aromatic nitrogens is 3. The highest BCUT2D eigenvalue weighted by atomic mass is 16.5. The fourth-order valence-corrected chi connectivity index (χ4v) is 2.98. The quantitative estimate of drug-likeness (QED) is 0.909. The second-order valence-corrected chi connectivity index (χ2v) is 5.94. The molecule has 3 heterocycles. The second-order valence-electron chi connectivity index (χ2n) is 5.94. The number of likely N-dealkylation sites (tertiary alicyclic amines) is 1. The molecule has 3 rings (SSSR count). The SMILES string of the molecule is CCOc1ncccc1CNC(=O)N1CC[C@@H](c2cnn(C)c2)C1. The Kier molecular flexibility index (Phi) is 4.98. The van der Waals surface area contributed by atoms with Crippen LogP contribution in [0.3, 0.4) is 0 Å². The van der Waals surface area contributed by atoms with Gasteiger partial charge in [-0.25, -0.2) is 9.78 Å². The Labute approximate surface area is 141 Å². The summed E-state index contributed by atoms with van der Waals surface area (Å²) in [6, 6.07) is 3.71. The van der Waals surface area contributed by atoms with Crippen LogP contribution >= 0.6 is 0 Å². The molecule has 0 aromatic carbocycles. The van der Waals surface area contributed by atoms with Gasteiger partial charge in [0.15, 0.2) is 0 Å². The highest BCUT2D eigenvalue weighted by Crippen LogP contribution is 2.26. The Hall–Kier alpha value is -2.57. The van der Waals surface area contributed by atoms with E-state index in [0.717, 1.165) is 25.1 Å². The van der Waals surface area contributed by atoms with Gasteiger partial charge >= 0.3 is 6.03 Å². The number of pyridine rings is 1. The molecule has 0 saturated carbocycles. The number of carbonyl (C=O) groups excluding carboxylic acids is 1. The molecule has 7 heteroatoms. The molecule has 1 fully saturated rings. The lowest BCUT2D eigenvalue weighted by molar-refractivity contribution is 0.207. The number of hydrogen-bond donors (Lipinski definition) is 1. The molecule has 24 heavy (non-hydrogen) atoms. The predicted molar refractivity (Wildman–Crippen MR) is 89.8 cm³/mol. The van der Waals surface area contributed by atoms with Gasteiger partial charge in [0.25, 0.3) is 0 Å². The van der Waals surface area contributed by atoms with E-state index in [0.29, 0.717) is 24.9 Å². The van der Waals surface area contributed by atoms with Gasteiger partial charge in [0.2, 0.25) is 5.88 Å². The van der Waals surface area contributed by atoms with Crippen molar-refractivity contribution in [3.63, 3.8) is 0 Å². The van der Waals surface area contributed by atoms with Crippen molar-refractivity contribution < 1.29 is 9.53 Å². The Morgan fingerprint density at radius 3 is 3.12 bits per heavy atom. The summed E-state index contributed by atoms with van der Waals surface area (Å²) in [6.07, 6.45) is 6.57. The van der Waals surface area contributed by atoms with Crippen molar-refractivity contribution in [1.29, 1.82) is 0 Å². The Morgan fingerprint density at radius 2 is 2.38 bits per heavy atom. The van der Waals surface area contributed by atoms with Gasteiger partial charge in [-0.05, 0) is 25.0 Å². The first kappa shape index (κ1) is 16.3. The minimum atomic E-state index is -0.0484. The summed E-state index contributed by atoms with van der Waals surface area (Å²) < 4.78 is 7.29. The van der Waals surface area contributed by atoms with E-state index in [4.69, 9.17) is 4.74 Å². The van der Waals surface area contributed by atoms with Crippen molar-refractivity contribution in [2.24, 2.45) is 7.05 Å². The summed E-state index contributed by atoms with van der Waals surface area (Å²) in [5.74, 6) is 0.941. The molecule has 1 aliphatic heterocycles. The van der Waals surface area contributed by atoms with Crippen LogP contribution in [0.4, 0.5) is 4.79 Å². The van der Waals surface area contributed by atoms with Gasteiger partial charge in [-0.15, -0.1) is 0 Å². The lowest BCUT2D eigenvalue weighted by Gasteiger charge is -2.17. The minimum Gasteiger partial charge on any atom is -0.478 e. The summed E-state index contributed by atoms with van der Waals surface area (Å²) in [4.78, 5) is 18.5. The van der Waals surface area contributed by atoms with Gasteiger partial charge < -0.3 is 15.0 Å². The summed E-state index contributed by atoms with van der Waals surface area (Å²) in [5, 5.41) is 7.17. The largest absolute Gasteiger partial charge is 0.478 e. The first-order chi connectivity index (χ1) is 11.7. The van der Waals surface area contributed by atoms with E-state index in [1.54, 1.807) is 10.9 Å². The smallest absolute Gasteiger partial charge is 0.317 e. The number of aryl methyl sites for hydroxylation is 1. The number of ether oxygens (including phenoxy) is 1. The van der Waals surface area contributed by atoms with E-state index in [9.17, 15) is 4.79 Å². The first-order valence-electron chi connectivity index (χ1n) is 8.25. The Bertz CT molecular complexity index is 700. The average Bonchev–Trinajstić information content (AvgIpc) is 3.23. The molecule has 0 unspecified atom stereocenters. The number of amides is 2. The molecule has 128 valence electrons. The third-order valence-corrected chi connectivity index (χ3v) is 4.23. The van der Waals surface area contributed by atoms with Crippen molar-refractivity contribution in [1.82, 2.24) is 25.0 Å². The third kappa shape index (κ3) is 3.67. The maximum atomic E-state index is 12.4. The van der Waals surface area contributed by atoms with E-state index in [2.05, 4.69) is 15.4 Å². The molecule has 0 bridgehead atoms. The maximum absolute atomic E-state index is 12.4. The lowest BCUT2D eigenvalue weighted by atomic mass is 10.0. The molecular formula is C17H23N5O2. The molecule has 2 aromatic heterocycles. The van der Waals surface area contributed by atoms with Crippen LogP contribution in [0.15, 0.2) is 30.7 Å². The van der Waals surface area contributed by atoms with E-state index in [-0.39, 0.29) is 6.03 Å². The molecule has 0 spiro atoms. The van der Waals surface area contributed by atoms with Crippen molar-refractivity contribution in [2.45, 2.75) is 25.8 Å². The van der Waals surface area contributed by atoms with Crippen LogP contribution < -0.4 is 10.1 Å². The molecular weight excluding hydrogens is 306 g/mol. The van der Waals surface area contributed by atoms with Crippen LogP contribution in [0.5, 0.6) is 5.88 Å². The average molecular weight is 329 g/mol. The van der Waals surface area contributed by atoms with Gasteiger partial charge in [-0.3, -0.25) is 4.68 Å². The summed E-state index contributed by atoms with van der Waals surface area (Å²) in [6.45, 7) is 4.37. The molecule has 1 aliphatic rings. The molecule has 2 amide bonds. The zero-order chi connectivity index (χ0) is 16.9. The molecule has 7 nitrogen and oxygen atoms in total. The standard InChI is InChI=1S/C17H23N5O2/c1-3-24-16-13(5-4-7-18-16)9-19-17(23)22-8-6-14(12-22)15-10-20-21(2)11-15/h4-5,7,10-11,14H,3,6,8-9,12H2,1-2H3,(H,19,23)/t14-/m1/s1. The second kappa shape index (κ2) is 7.33. The van der Waals surface area contributed by atoms with Crippen LogP contribution in [-0.4, -0.2) is 45.4 Å². The number of nitrogens with zero attached hydrogens (tertiary/aromatic N) is 4. The molecule has 2 aromatic rings. The fourth-order valence-electron chi connectivity index (χ4n) is 2.98. The zero-order valence-corrected chi connectivity index (χ0v) is 14.1. The number of nitrogens with one attached hydrogen (secondary N) is 1. The van der Waals surface area contributed by atoms with E-state index < -0.39 is 0 Å². The topological polar surface area (TPSA) is 72.3 Å². The molecule has 1 atom stereocenters. The van der Waals surface area contributed by atoms with Gasteiger partial charge in [0.1, 0.15) is 0 Å². The van der Waals surface area contributed by atoms with Gasteiger partial charge in [0, 0.05) is 50.6 Å². The first-order valence-corrected chi connectivity index (χ1v) is 8.25. The monoisotopic (exact) mass is 329 g/mol. The highest BCUT2D eigenvalue weighted by Gasteiger charge is 2.28. The predicted octanol–water partition coefficient (Wildman–Crippen LogP) is 1.91. The zero-order valence-electron chi connectivity index (χ0n) is 14.1. The van der Waals surface area contributed by atoms with Crippen LogP contribution in [0.2, 0.25) is 0 Å². The maximum Gasteiger partial charge on any atom is 0.317 e. The van der Waals surface area contributed by atoms with E-state index in [1.807, 2.05) is 43.4 Å². The van der Waals surface area contributed by atoms with E-state index in [1.165, 1.54) is 5.56 Å². The molecule has 0 aliphatic carbocycles. The van der Waals surface area contributed by atoms with Crippen molar-refractivity contribution >= 4 is 6.03 Å². The van der Waals surface area contributed by atoms with Gasteiger partial charge in [-0.2, -0.15) is 5.10 Å². The normalized spacial score (nSPS) is 17.1. The molecule has 1 saturated heterocycles. The summed E-state index contributed by atoms with van der Waals surface area (Å²) in [5.41, 5.74) is 2.08. The van der Waals surface area contributed by atoms with Crippen molar-refractivity contribution in [3.8, 4) is 5.88 Å². The van der Waals surface area contributed by atoms with Crippen molar-refractivity contribution in [2.75, 3.05) is 19.7 Å². The number of urea groups is 1. The van der Waals surface area contributed by atoms with Crippen molar-refractivity contribution in [3.05, 3.63) is 41.9 Å². The summed E-state index contributed by atoms with van der Waals surface area (Å²) in [7, 11) is 1.91. The number of carbonyl (C=O) groups is 1. The van der Waals surface area contributed by atoms with Crippen LogP contribution in [0, 0.1) is 0 Å². The summed E-state index contributed by atoms with van der Waals surface area (Å²) >= 11 is 0. The van der Waals surface area contributed by atoms with Gasteiger partial charge in [0.05, 0.1) is 12.8 Å². The highest BCUT2D eigenvalue weighted by molar-refractivity contribution is 5.74. The fraction of sp³-hybridized carbons (Fsp3) is 0.471. The van der Waals surface area contributed by atoms with Crippen LogP contribution in [-0.2, 0) is 13.6 Å². The number of rotatable bonds is 5. The lowest BCUT2D eigenvalue weighted by Crippen LogP contribution is -2.38. The van der Waals surface area contributed by atoms with Crippen LogP contribution in [0.1, 0.15) is 30.4 Å². The molecule has 1 N–H and O–H groups in total. The Balaban J connectivity index is 1.55. The third-order valence-electron chi connectivity index (χ3n) is 4.23. The minimum absolute atomic E-state index is 0.0484. The van der Waals surface area contributed by atoms with Crippen LogP contribution in [0.25, 0.3) is 0 Å². The Morgan fingerprint density at radius 1 is 1.50 bits per heavy atom.